The van der Waals surface area contributed by atoms with E-state index in [-0.39, 0.29) is 41.2 Å². The van der Waals surface area contributed by atoms with Crippen molar-refractivity contribution in [3.8, 4) is 22.8 Å². The van der Waals surface area contributed by atoms with E-state index in [2.05, 4.69) is 14.7 Å². The van der Waals surface area contributed by atoms with E-state index in [1.54, 1.807) is 17.8 Å². The number of halogens is 1. The standard InChI is InChI=1S/C27H31FN6O5S/c1-15-14-39-25-22(18(28)11-19-23(25)24-21(13-29-19)33(4)27(35)34(15)24)16-10-20(31-40(36,37)17-6-7-17)26(30-12-16)38-9-5-8-32(2)3/h10-13,15,17,31H,5-9,14H2,1-4H3. The number of ether oxygens (including phenoxy) is 2. The number of pyridine rings is 2. The average Bonchev–Trinajstić information content (AvgIpc) is 3.73. The highest BCUT2D eigenvalue weighted by Gasteiger charge is 2.36. The molecular weight excluding hydrogens is 539 g/mol. The van der Waals surface area contributed by atoms with E-state index in [9.17, 15) is 13.2 Å². The third-order valence-corrected chi connectivity index (χ3v) is 9.22. The number of rotatable bonds is 9. The van der Waals surface area contributed by atoms with Gasteiger partial charge in [-0.25, -0.2) is 22.6 Å². The van der Waals surface area contributed by atoms with Gasteiger partial charge < -0.3 is 14.4 Å². The third kappa shape index (κ3) is 4.46. The number of hydrogen-bond donors (Lipinski definition) is 1. The van der Waals surface area contributed by atoms with Crippen molar-refractivity contribution in [2.75, 3.05) is 38.6 Å². The van der Waals surface area contributed by atoms with E-state index in [1.165, 1.54) is 22.9 Å². The molecule has 13 heteroatoms. The Labute approximate surface area is 230 Å². The number of anilines is 1. The lowest BCUT2D eigenvalue weighted by Crippen LogP contribution is -2.27. The fourth-order valence-electron chi connectivity index (χ4n) is 5.16. The fourth-order valence-corrected chi connectivity index (χ4v) is 6.53. The van der Waals surface area contributed by atoms with E-state index < -0.39 is 21.1 Å². The van der Waals surface area contributed by atoms with Crippen molar-refractivity contribution >= 4 is 37.6 Å². The Hall–Kier alpha value is -3.71. The SMILES string of the molecule is CC1COc2c(-c3cnc(OCCCN(C)C)c(NS(=O)(=O)C4CC4)c3)c(F)cc3ncc4c(c23)n1c(=O)n4C. The highest BCUT2D eigenvalue weighted by molar-refractivity contribution is 7.93. The summed E-state index contributed by atoms with van der Waals surface area (Å²) in [6.45, 7) is 3.11. The van der Waals surface area contributed by atoms with E-state index in [0.29, 0.717) is 53.4 Å². The molecule has 6 rings (SSSR count). The van der Waals surface area contributed by atoms with Crippen LogP contribution in [-0.4, -0.2) is 71.5 Å². The van der Waals surface area contributed by atoms with Crippen LogP contribution in [0.3, 0.4) is 0 Å². The summed E-state index contributed by atoms with van der Waals surface area (Å²) < 4.78 is 59.4. The maximum absolute atomic E-state index is 15.8. The number of sulfonamides is 1. The number of aryl methyl sites for hydroxylation is 1. The summed E-state index contributed by atoms with van der Waals surface area (Å²) in [5.41, 5.74) is 1.90. The maximum atomic E-state index is 15.8. The quantitative estimate of drug-likeness (QED) is 0.305. The molecule has 0 radical (unpaired) electrons. The van der Waals surface area contributed by atoms with Gasteiger partial charge in [0, 0.05) is 31.4 Å². The molecule has 1 saturated carbocycles. The average molecular weight is 571 g/mol. The molecule has 0 saturated heterocycles. The number of benzene rings is 1. The largest absolute Gasteiger partial charge is 0.490 e. The monoisotopic (exact) mass is 570 g/mol. The Bertz CT molecular complexity index is 1810. The van der Waals surface area contributed by atoms with Gasteiger partial charge in [0.2, 0.25) is 15.9 Å². The number of aromatic nitrogens is 4. The molecule has 0 amide bonds. The van der Waals surface area contributed by atoms with Crippen molar-refractivity contribution in [1.29, 1.82) is 0 Å². The van der Waals surface area contributed by atoms with Crippen molar-refractivity contribution < 1.29 is 22.3 Å². The molecule has 4 aromatic rings. The molecule has 40 heavy (non-hydrogen) atoms. The van der Waals surface area contributed by atoms with Crippen molar-refractivity contribution in [3.63, 3.8) is 0 Å². The Morgan fingerprint density at radius 1 is 1.23 bits per heavy atom. The predicted octanol–water partition coefficient (Wildman–Crippen LogP) is 3.28. The third-order valence-electron chi connectivity index (χ3n) is 7.37. The Balaban J connectivity index is 1.51. The minimum atomic E-state index is -3.65. The van der Waals surface area contributed by atoms with Crippen LogP contribution in [0.5, 0.6) is 11.6 Å². The van der Waals surface area contributed by atoms with Crippen LogP contribution in [0.4, 0.5) is 10.1 Å². The minimum absolute atomic E-state index is 0.109. The lowest BCUT2D eigenvalue weighted by molar-refractivity contribution is 0.267. The molecule has 1 aromatic carbocycles. The summed E-state index contributed by atoms with van der Waals surface area (Å²) in [5, 5.41) is 0.0406. The number of hydrogen-bond acceptors (Lipinski definition) is 8. The summed E-state index contributed by atoms with van der Waals surface area (Å²) in [7, 11) is 1.93. The summed E-state index contributed by atoms with van der Waals surface area (Å²) in [6.07, 6.45) is 4.88. The molecule has 1 aliphatic heterocycles. The second kappa shape index (κ2) is 9.73. The fraction of sp³-hybridized carbons (Fsp3) is 0.444. The molecule has 1 atom stereocenters. The van der Waals surface area contributed by atoms with Crippen molar-refractivity contribution in [2.45, 2.75) is 37.5 Å². The zero-order valence-corrected chi connectivity index (χ0v) is 23.6. The summed E-state index contributed by atoms with van der Waals surface area (Å²) >= 11 is 0. The predicted molar refractivity (Wildman–Crippen MR) is 150 cm³/mol. The minimum Gasteiger partial charge on any atom is -0.490 e. The van der Waals surface area contributed by atoms with Crippen LogP contribution in [0.1, 0.15) is 32.2 Å². The molecule has 1 fully saturated rings. The number of imidazole rings is 1. The van der Waals surface area contributed by atoms with Crippen LogP contribution in [0, 0.1) is 5.82 Å². The molecule has 212 valence electrons. The lowest BCUT2D eigenvalue weighted by atomic mass is 10.0. The first-order chi connectivity index (χ1) is 19.1. The van der Waals surface area contributed by atoms with Crippen LogP contribution in [-0.2, 0) is 17.1 Å². The van der Waals surface area contributed by atoms with Gasteiger partial charge in [-0.1, -0.05) is 0 Å². The maximum Gasteiger partial charge on any atom is 0.329 e. The van der Waals surface area contributed by atoms with Gasteiger partial charge in [0.15, 0.2) is 0 Å². The molecule has 4 heterocycles. The van der Waals surface area contributed by atoms with Gasteiger partial charge in [0.05, 0.1) is 51.6 Å². The van der Waals surface area contributed by atoms with Crippen LogP contribution >= 0.6 is 0 Å². The molecule has 0 spiro atoms. The van der Waals surface area contributed by atoms with Crippen LogP contribution in [0.25, 0.3) is 33.1 Å². The van der Waals surface area contributed by atoms with Gasteiger partial charge in [-0.05, 0) is 46.3 Å². The van der Waals surface area contributed by atoms with Crippen molar-refractivity contribution in [3.05, 3.63) is 40.8 Å². The molecule has 1 aliphatic carbocycles. The first kappa shape index (κ1) is 26.5. The molecule has 1 unspecified atom stereocenters. The zero-order chi connectivity index (χ0) is 28.3. The van der Waals surface area contributed by atoms with Gasteiger partial charge in [-0.2, -0.15) is 0 Å². The van der Waals surface area contributed by atoms with Gasteiger partial charge in [0.25, 0.3) is 0 Å². The van der Waals surface area contributed by atoms with Crippen LogP contribution < -0.4 is 19.9 Å². The Morgan fingerprint density at radius 3 is 2.73 bits per heavy atom. The molecular formula is C27H31FN6O5S. The van der Waals surface area contributed by atoms with E-state index in [1.807, 2.05) is 25.9 Å². The zero-order valence-electron chi connectivity index (χ0n) is 22.8. The molecule has 2 aliphatic rings. The topological polar surface area (TPSA) is 121 Å². The highest BCUT2D eigenvalue weighted by Crippen LogP contribution is 2.45. The normalized spacial score (nSPS) is 17.0. The number of nitrogens with one attached hydrogen (secondary N) is 1. The lowest BCUT2D eigenvalue weighted by Gasteiger charge is -2.17. The molecule has 3 aromatic heterocycles. The van der Waals surface area contributed by atoms with Crippen molar-refractivity contribution in [1.82, 2.24) is 24.0 Å². The summed E-state index contributed by atoms with van der Waals surface area (Å²) in [6, 6.07) is 2.51. The van der Waals surface area contributed by atoms with Gasteiger partial charge in [-0.15, -0.1) is 0 Å². The molecule has 1 N–H and O–H groups in total. The second-order valence-corrected chi connectivity index (χ2v) is 12.7. The van der Waals surface area contributed by atoms with Crippen molar-refractivity contribution in [2.24, 2.45) is 7.05 Å². The molecule has 11 nitrogen and oxygen atoms in total. The van der Waals surface area contributed by atoms with Gasteiger partial charge >= 0.3 is 5.69 Å². The van der Waals surface area contributed by atoms with E-state index in [4.69, 9.17) is 9.47 Å². The summed E-state index contributed by atoms with van der Waals surface area (Å²) in [4.78, 5) is 23.9. The van der Waals surface area contributed by atoms with Gasteiger partial charge in [-0.3, -0.25) is 18.8 Å². The Morgan fingerprint density at radius 2 is 2.00 bits per heavy atom. The Kier molecular flexibility index (Phi) is 6.45. The highest BCUT2D eigenvalue weighted by atomic mass is 32.2. The number of nitrogens with zero attached hydrogens (tertiary/aromatic N) is 5. The van der Waals surface area contributed by atoms with Crippen LogP contribution in [0.15, 0.2) is 29.3 Å². The van der Waals surface area contributed by atoms with Crippen LogP contribution in [0.2, 0.25) is 0 Å². The smallest absolute Gasteiger partial charge is 0.329 e. The first-order valence-corrected chi connectivity index (χ1v) is 14.8. The summed E-state index contributed by atoms with van der Waals surface area (Å²) in [5.74, 6) is -0.255. The first-order valence-electron chi connectivity index (χ1n) is 13.2. The van der Waals surface area contributed by atoms with Gasteiger partial charge in [0.1, 0.15) is 23.9 Å². The van der Waals surface area contributed by atoms with E-state index >= 15 is 4.39 Å². The molecule has 0 bridgehead atoms. The van der Waals surface area contributed by atoms with E-state index in [0.717, 1.165) is 6.54 Å². The second-order valence-electron chi connectivity index (χ2n) is 10.7.